The van der Waals surface area contributed by atoms with E-state index in [0.29, 0.717) is 18.7 Å². The Kier molecular flexibility index (Phi) is 10.2. The van der Waals surface area contributed by atoms with Gasteiger partial charge in [-0.05, 0) is 12.1 Å². The Morgan fingerprint density at radius 2 is 1.55 bits per heavy atom. The third kappa shape index (κ3) is 6.75. The van der Waals surface area contributed by atoms with Gasteiger partial charge in [-0.1, -0.05) is 30.3 Å². The van der Waals surface area contributed by atoms with E-state index in [0.717, 1.165) is 26.2 Å². The molecular weight excluding hydrogens is 420 g/mol. The lowest BCUT2D eigenvalue weighted by Gasteiger charge is -2.34. The molecule has 0 saturated carbocycles. The van der Waals surface area contributed by atoms with Crippen molar-refractivity contribution in [2.24, 2.45) is 0 Å². The van der Waals surface area contributed by atoms with Crippen LogP contribution in [-0.4, -0.2) is 53.2 Å². The number of piperazine rings is 1. The maximum absolute atomic E-state index is 13.8. The molecule has 6 nitrogen and oxygen atoms in total. The van der Waals surface area contributed by atoms with E-state index >= 15 is 0 Å². The number of nitrogens with zero attached hydrogens (tertiary/aromatic N) is 3. The molecule has 1 saturated heterocycles. The number of nitro benzene ring substituents is 1. The van der Waals surface area contributed by atoms with Crippen molar-refractivity contribution < 1.29 is 14.1 Å². The zero-order valence-electron chi connectivity index (χ0n) is 15.8. The van der Waals surface area contributed by atoms with Gasteiger partial charge in [0.2, 0.25) is 0 Å². The van der Waals surface area contributed by atoms with Crippen LogP contribution in [0.1, 0.15) is 22.3 Å². The molecule has 0 aromatic heterocycles. The monoisotopic (exact) mass is 443 g/mol. The van der Waals surface area contributed by atoms with E-state index < -0.39 is 4.92 Å². The molecule has 2 aromatic rings. The van der Waals surface area contributed by atoms with Crippen molar-refractivity contribution in [2.45, 2.75) is 13.0 Å². The lowest BCUT2D eigenvalue weighted by molar-refractivity contribution is -0.385. The minimum atomic E-state index is -0.519. The van der Waals surface area contributed by atoms with Gasteiger partial charge in [-0.2, -0.15) is 0 Å². The fraction of sp³-hybridized carbons (Fsp3) is 0.350. The Morgan fingerprint density at radius 3 is 2.21 bits per heavy atom. The molecule has 2 aromatic carbocycles. The Hall–Kier alpha value is -2.06. The third-order valence-corrected chi connectivity index (χ3v) is 4.87. The smallest absolute Gasteiger partial charge is 0.280 e. The van der Waals surface area contributed by atoms with Crippen LogP contribution in [0.2, 0.25) is 0 Å². The highest BCUT2D eigenvalue weighted by Crippen LogP contribution is 2.19. The van der Waals surface area contributed by atoms with Crippen LogP contribution in [0.4, 0.5) is 10.1 Å². The quantitative estimate of drug-likeness (QED) is 0.367. The summed E-state index contributed by atoms with van der Waals surface area (Å²) in [5, 5.41) is 11.1. The molecule has 0 bridgehead atoms. The number of ketones is 1. The summed E-state index contributed by atoms with van der Waals surface area (Å²) in [6.45, 7) is 4.33. The summed E-state index contributed by atoms with van der Waals surface area (Å²) in [6, 6.07) is 12.9. The van der Waals surface area contributed by atoms with Crippen LogP contribution in [0.3, 0.4) is 0 Å². The minimum Gasteiger partial charge on any atom is -0.300 e. The summed E-state index contributed by atoms with van der Waals surface area (Å²) in [4.78, 5) is 27.3. The number of Topliss-reactive ketones (excluding diaryl/α,β-unsaturated/α-hetero) is 1. The van der Waals surface area contributed by atoms with Crippen LogP contribution in [-0.2, 0) is 6.54 Å². The summed E-state index contributed by atoms with van der Waals surface area (Å²) in [5.41, 5.74) is 0.718. The normalized spacial score (nSPS) is 14.5. The van der Waals surface area contributed by atoms with Gasteiger partial charge in [-0.25, -0.2) is 4.39 Å². The van der Waals surface area contributed by atoms with Crippen LogP contribution in [0, 0.1) is 15.9 Å². The molecule has 158 valence electrons. The second kappa shape index (κ2) is 11.8. The van der Waals surface area contributed by atoms with E-state index in [9.17, 15) is 19.3 Å². The summed E-state index contributed by atoms with van der Waals surface area (Å²) < 4.78 is 13.8. The van der Waals surface area contributed by atoms with Crippen molar-refractivity contribution in [3.63, 3.8) is 0 Å². The maximum atomic E-state index is 13.8. The topological polar surface area (TPSA) is 66.7 Å². The fourth-order valence-corrected chi connectivity index (χ4v) is 3.30. The highest BCUT2D eigenvalue weighted by atomic mass is 35.5. The van der Waals surface area contributed by atoms with E-state index in [4.69, 9.17) is 0 Å². The van der Waals surface area contributed by atoms with Crippen molar-refractivity contribution >= 4 is 36.3 Å². The molecule has 0 aliphatic carbocycles. The molecule has 0 radical (unpaired) electrons. The first kappa shape index (κ1) is 25.0. The second-order valence-corrected chi connectivity index (χ2v) is 6.66. The molecular formula is C20H24Cl2FN3O3. The number of carbonyl (C=O) groups excluding carboxylic acids is 1. The molecule has 0 amide bonds. The summed E-state index contributed by atoms with van der Waals surface area (Å²) in [7, 11) is 0. The Balaban J connectivity index is 0.00000210. The molecule has 29 heavy (non-hydrogen) atoms. The van der Waals surface area contributed by atoms with Crippen molar-refractivity contribution in [1.29, 1.82) is 0 Å². The average Bonchev–Trinajstić information content (AvgIpc) is 2.69. The standard InChI is InChI=1S/C20H22FN3O3.2ClH/c21-18-7-3-1-5-16(18)15-23-13-11-22(12-14-23)10-9-20(25)17-6-2-4-8-19(17)24(26)27;;/h1-8H,9-15H2;2*1H. The molecule has 1 aliphatic rings. The minimum absolute atomic E-state index is 0. The van der Waals surface area contributed by atoms with E-state index in [-0.39, 0.29) is 54.1 Å². The molecule has 1 aliphatic heterocycles. The first-order valence-corrected chi connectivity index (χ1v) is 8.99. The van der Waals surface area contributed by atoms with E-state index in [1.807, 2.05) is 6.07 Å². The highest BCUT2D eigenvalue weighted by Gasteiger charge is 2.22. The first-order chi connectivity index (χ1) is 13.0. The van der Waals surface area contributed by atoms with Crippen LogP contribution < -0.4 is 0 Å². The zero-order valence-corrected chi connectivity index (χ0v) is 17.5. The molecule has 9 heteroatoms. The van der Waals surface area contributed by atoms with Crippen molar-refractivity contribution in [3.8, 4) is 0 Å². The van der Waals surface area contributed by atoms with Gasteiger partial charge in [0.1, 0.15) is 5.82 Å². The van der Waals surface area contributed by atoms with Gasteiger partial charge in [0.05, 0.1) is 10.5 Å². The second-order valence-electron chi connectivity index (χ2n) is 6.66. The van der Waals surface area contributed by atoms with Gasteiger partial charge in [0, 0.05) is 57.3 Å². The predicted molar refractivity (Wildman–Crippen MR) is 115 cm³/mol. The average molecular weight is 444 g/mol. The van der Waals surface area contributed by atoms with Gasteiger partial charge in [0.25, 0.3) is 5.69 Å². The number of carbonyl (C=O) groups is 1. The summed E-state index contributed by atoms with van der Waals surface area (Å²) in [6.07, 6.45) is 0.248. The first-order valence-electron chi connectivity index (χ1n) is 8.99. The maximum Gasteiger partial charge on any atom is 0.280 e. The molecule has 0 unspecified atom stereocenters. The summed E-state index contributed by atoms with van der Waals surface area (Å²) in [5.74, 6) is -0.397. The molecule has 1 heterocycles. The Bertz CT molecular complexity index is 830. The predicted octanol–water partition coefficient (Wildman–Crippen LogP) is 3.97. The SMILES string of the molecule is Cl.Cl.O=C(CCN1CCN(Cc2ccccc2F)CC1)c1ccccc1[N+](=O)[O-]. The third-order valence-electron chi connectivity index (χ3n) is 4.87. The number of nitro groups is 1. The molecule has 0 spiro atoms. The van der Waals surface area contributed by atoms with Gasteiger partial charge in [-0.3, -0.25) is 19.8 Å². The van der Waals surface area contributed by atoms with E-state index in [1.54, 1.807) is 24.3 Å². The Labute approximate surface area is 181 Å². The molecule has 0 atom stereocenters. The lowest BCUT2D eigenvalue weighted by atomic mass is 10.1. The number of hydrogen-bond donors (Lipinski definition) is 0. The number of hydrogen-bond acceptors (Lipinski definition) is 5. The van der Waals surface area contributed by atoms with Crippen LogP contribution >= 0.6 is 24.8 Å². The highest BCUT2D eigenvalue weighted by molar-refractivity contribution is 5.99. The number of rotatable bonds is 7. The van der Waals surface area contributed by atoms with Crippen molar-refractivity contribution in [3.05, 3.63) is 75.6 Å². The van der Waals surface area contributed by atoms with E-state index in [2.05, 4.69) is 9.80 Å². The van der Waals surface area contributed by atoms with Crippen LogP contribution in [0.5, 0.6) is 0 Å². The fourth-order valence-electron chi connectivity index (χ4n) is 3.30. The van der Waals surface area contributed by atoms with Crippen LogP contribution in [0.25, 0.3) is 0 Å². The number of halogens is 3. The molecule has 1 fully saturated rings. The zero-order chi connectivity index (χ0) is 19.2. The molecule has 0 N–H and O–H groups in total. The van der Waals surface area contributed by atoms with Gasteiger partial charge in [0.15, 0.2) is 5.78 Å². The van der Waals surface area contributed by atoms with Crippen molar-refractivity contribution in [2.75, 3.05) is 32.7 Å². The lowest BCUT2D eigenvalue weighted by Crippen LogP contribution is -2.46. The largest absolute Gasteiger partial charge is 0.300 e. The number of benzene rings is 2. The van der Waals surface area contributed by atoms with Gasteiger partial charge >= 0.3 is 0 Å². The summed E-state index contributed by atoms with van der Waals surface area (Å²) >= 11 is 0. The van der Waals surface area contributed by atoms with E-state index in [1.165, 1.54) is 18.2 Å². The number of para-hydroxylation sites is 1. The van der Waals surface area contributed by atoms with Gasteiger partial charge in [-0.15, -0.1) is 24.8 Å². The molecule has 3 rings (SSSR count). The van der Waals surface area contributed by atoms with Crippen LogP contribution in [0.15, 0.2) is 48.5 Å². The van der Waals surface area contributed by atoms with Crippen molar-refractivity contribution in [1.82, 2.24) is 9.80 Å². The van der Waals surface area contributed by atoms with Gasteiger partial charge < -0.3 is 4.90 Å². The Morgan fingerprint density at radius 1 is 0.966 bits per heavy atom.